The van der Waals surface area contributed by atoms with Crippen LogP contribution in [0.15, 0.2) is 54.6 Å². The summed E-state index contributed by atoms with van der Waals surface area (Å²) in [6, 6.07) is 13.7. The Kier molecular flexibility index (Phi) is 4.70. The first-order valence-electron chi connectivity index (χ1n) is 5.91. The standard InChI is InChI=1S/C13H12NO6P/c15-14(16)12-6-8-13(9-7-12)20-21(17,18)19-10-11-4-2-1-3-5-11/h1-9H,10H2,(H,17,18). The molecule has 21 heavy (non-hydrogen) atoms. The fourth-order valence-corrected chi connectivity index (χ4v) is 2.27. The first kappa shape index (κ1) is 15.2. The summed E-state index contributed by atoms with van der Waals surface area (Å²) in [5.74, 6) is 0.0134. The maximum Gasteiger partial charge on any atom is 0.527 e. The summed E-state index contributed by atoms with van der Waals surface area (Å²) < 4.78 is 21.4. The average Bonchev–Trinajstić information content (AvgIpc) is 2.46. The van der Waals surface area contributed by atoms with Crippen molar-refractivity contribution in [3.63, 3.8) is 0 Å². The van der Waals surface area contributed by atoms with Crippen LogP contribution < -0.4 is 4.52 Å². The van der Waals surface area contributed by atoms with Crippen molar-refractivity contribution in [2.45, 2.75) is 6.61 Å². The van der Waals surface area contributed by atoms with E-state index in [1.807, 2.05) is 6.07 Å². The van der Waals surface area contributed by atoms with E-state index in [1.165, 1.54) is 24.3 Å². The predicted octanol–water partition coefficient (Wildman–Crippen LogP) is 3.29. The molecule has 0 aromatic heterocycles. The van der Waals surface area contributed by atoms with Crippen molar-refractivity contribution in [2.24, 2.45) is 0 Å². The second-order valence-electron chi connectivity index (χ2n) is 4.07. The van der Waals surface area contributed by atoms with Gasteiger partial charge in [0.1, 0.15) is 5.75 Å². The number of rotatable bonds is 6. The lowest BCUT2D eigenvalue weighted by atomic mass is 10.2. The van der Waals surface area contributed by atoms with Gasteiger partial charge in [-0.05, 0) is 17.7 Å². The SMILES string of the molecule is O=[N+]([O-])c1ccc(OP(=O)(O)OCc2ccccc2)cc1. The Labute approximate surface area is 120 Å². The van der Waals surface area contributed by atoms with Gasteiger partial charge in [-0.1, -0.05) is 30.3 Å². The van der Waals surface area contributed by atoms with E-state index >= 15 is 0 Å². The maximum absolute atomic E-state index is 11.8. The highest BCUT2D eigenvalue weighted by atomic mass is 31.2. The molecular formula is C13H12NO6P. The van der Waals surface area contributed by atoms with E-state index < -0.39 is 12.7 Å². The monoisotopic (exact) mass is 309 g/mol. The molecule has 0 fully saturated rings. The first-order valence-corrected chi connectivity index (χ1v) is 7.41. The van der Waals surface area contributed by atoms with Crippen molar-refractivity contribution in [1.82, 2.24) is 0 Å². The van der Waals surface area contributed by atoms with E-state index in [2.05, 4.69) is 0 Å². The molecule has 0 amide bonds. The molecule has 1 atom stereocenters. The van der Waals surface area contributed by atoms with Crippen LogP contribution in [0, 0.1) is 10.1 Å². The number of non-ortho nitro benzene ring substituents is 1. The van der Waals surface area contributed by atoms with Crippen LogP contribution in [-0.4, -0.2) is 9.82 Å². The Bertz CT molecular complexity index is 658. The van der Waals surface area contributed by atoms with Gasteiger partial charge in [-0.2, -0.15) is 0 Å². The third-order valence-electron chi connectivity index (χ3n) is 2.51. The molecule has 0 aliphatic carbocycles. The van der Waals surface area contributed by atoms with Crippen molar-refractivity contribution in [3.05, 3.63) is 70.3 Å². The number of hydrogen-bond acceptors (Lipinski definition) is 5. The number of nitro benzene ring substituents is 1. The van der Waals surface area contributed by atoms with Crippen LogP contribution in [0.1, 0.15) is 5.56 Å². The van der Waals surface area contributed by atoms with E-state index in [9.17, 15) is 19.6 Å². The van der Waals surface area contributed by atoms with Crippen molar-refractivity contribution in [1.29, 1.82) is 0 Å². The fraction of sp³-hybridized carbons (Fsp3) is 0.0769. The molecule has 1 N–H and O–H groups in total. The van der Waals surface area contributed by atoms with Crippen LogP contribution >= 0.6 is 7.82 Å². The number of benzene rings is 2. The Morgan fingerprint density at radius 2 is 1.71 bits per heavy atom. The minimum atomic E-state index is -4.29. The molecule has 1 unspecified atom stereocenters. The van der Waals surface area contributed by atoms with Gasteiger partial charge < -0.3 is 4.52 Å². The van der Waals surface area contributed by atoms with Crippen LogP contribution in [0.4, 0.5) is 5.69 Å². The first-order chi connectivity index (χ1) is 9.96. The summed E-state index contributed by atoms with van der Waals surface area (Å²) in [5, 5.41) is 10.5. The van der Waals surface area contributed by atoms with Gasteiger partial charge in [0.05, 0.1) is 11.5 Å². The Hall–Kier alpha value is -2.21. The zero-order valence-electron chi connectivity index (χ0n) is 10.8. The van der Waals surface area contributed by atoms with Crippen molar-refractivity contribution >= 4 is 13.5 Å². The van der Waals surface area contributed by atoms with E-state index in [-0.39, 0.29) is 18.0 Å². The average molecular weight is 309 g/mol. The Morgan fingerprint density at radius 1 is 1.10 bits per heavy atom. The van der Waals surface area contributed by atoms with Crippen LogP contribution in [-0.2, 0) is 15.7 Å². The zero-order valence-corrected chi connectivity index (χ0v) is 11.7. The smallest absolute Gasteiger partial charge is 0.404 e. The van der Waals surface area contributed by atoms with E-state index in [0.717, 1.165) is 5.56 Å². The number of phosphoric acid groups is 1. The van der Waals surface area contributed by atoms with Gasteiger partial charge in [-0.3, -0.25) is 19.5 Å². The zero-order chi connectivity index (χ0) is 15.3. The molecule has 2 aromatic rings. The summed E-state index contributed by atoms with van der Waals surface area (Å²) >= 11 is 0. The topological polar surface area (TPSA) is 98.9 Å². The number of nitro groups is 1. The molecule has 8 heteroatoms. The molecule has 110 valence electrons. The van der Waals surface area contributed by atoms with Crippen LogP contribution in [0.25, 0.3) is 0 Å². The highest BCUT2D eigenvalue weighted by molar-refractivity contribution is 7.47. The van der Waals surface area contributed by atoms with Crippen LogP contribution in [0.5, 0.6) is 5.75 Å². The van der Waals surface area contributed by atoms with Crippen LogP contribution in [0.2, 0.25) is 0 Å². The van der Waals surface area contributed by atoms with Gasteiger partial charge in [-0.15, -0.1) is 0 Å². The minimum absolute atomic E-state index is 0.0134. The molecular weight excluding hydrogens is 297 g/mol. The third kappa shape index (κ3) is 4.68. The van der Waals surface area contributed by atoms with Gasteiger partial charge in [0.25, 0.3) is 5.69 Å². The fourth-order valence-electron chi connectivity index (χ4n) is 1.52. The summed E-state index contributed by atoms with van der Waals surface area (Å²) in [7, 11) is -4.29. The summed E-state index contributed by atoms with van der Waals surface area (Å²) in [4.78, 5) is 19.5. The highest BCUT2D eigenvalue weighted by Gasteiger charge is 2.23. The van der Waals surface area contributed by atoms with Gasteiger partial charge in [0.2, 0.25) is 0 Å². The molecule has 0 saturated heterocycles. The molecule has 7 nitrogen and oxygen atoms in total. The lowest BCUT2D eigenvalue weighted by Crippen LogP contribution is -1.98. The molecule has 0 saturated carbocycles. The lowest BCUT2D eigenvalue weighted by molar-refractivity contribution is -0.384. The largest absolute Gasteiger partial charge is 0.527 e. The summed E-state index contributed by atoms with van der Waals surface area (Å²) in [6.45, 7) is -0.0817. The quantitative estimate of drug-likeness (QED) is 0.499. The minimum Gasteiger partial charge on any atom is -0.404 e. The molecule has 0 aliphatic rings. The van der Waals surface area contributed by atoms with Crippen LogP contribution in [0.3, 0.4) is 0 Å². The Morgan fingerprint density at radius 3 is 2.29 bits per heavy atom. The van der Waals surface area contributed by atoms with Crippen molar-refractivity contribution < 1.29 is 23.4 Å². The number of hydrogen-bond donors (Lipinski definition) is 1. The number of nitrogens with zero attached hydrogens (tertiary/aromatic N) is 1. The molecule has 0 radical (unpaired) electrons. The Balaban J connectivity index is 1.97. The molecule has 2 aromatic carbocycles. The van der Waals surface area contributed by atoms with E-state index in [1.54, 1.807) is 24.3 Å². The van der Waals surface area contributed by atoms with Crippen molar-refractivity contribution in [3.8, 4) is 5.75 Å². The van der Waals surface area contributed by atoms with Gasteiger partial charge in [-0.25, -0.2) is 4.57 Å². The third-order valence-corrected chi connectivity index (χ3v) is 3.40. The summed E-state index contributed by atoms with van der Waals surface area (Å²) in [5.41, 5.74) is 0.583. The van der Waals surface area contributed by atoms with Gasteiger partial charge in [0, 0.05) is 12.1 Å². The molecule has 0 bridgehead atoms. The van der Waals surface area contributed by atoms with Gasteiger partial charge in [0.15, 0.2) is 0 Å². The molecule has 2 rings (SSSR count). The maximum atomic E-state index is 11.8. The molecule has 0 heterocycles. The molecule has 0 aliphatic heterocycles. The van der Waals surface area contributed by atoms with E-state index in [4.69, 9.17) is 9.05 Å². The summed E-state index contributed by atoms with van der Waals surface area (Å²) in [6.07, 6.45) is 0. The van der Waals surface area contributed by atoms with E-state index in [0.29, 0.717) is 0 Å². The normalized spacial score (nSPS) is 13.4. The highest BCUT2D eigenvalue weighted by Crippen LogP contribution is 2.44. The second-order valence-corrected chi connectivity index (χ2v) is 5.45. The second kappa shape index (κ2) is 6.49. The predicted molar refractivity (Wildman–Crippen MR) is 74.8 cm³/mol. The van der Waals surface area contributed by atoms with Gasteiger partial charge >= 0.3 is 7.82 Å². The number of phosphoric ester groups is 1. The van der Waals surface area contributed by atoms with Crippen molar-refractivity contribution in [2.75, 3.05) is 0 Å². The molecule has 0 spiro atoms. The lowest BCUT2D eigenvalue weighted by Gasteiger charge is -2.12.